The van der Waals surface area contributed by atoms with Crippen LogP contribution < -0.4 is 16.4 Å². The van der Waals surface area contributed by atoms with Crippen LogP contribution in [0.15, 0.2) is 24.7 Å². The Bertz CT molecular complexity index is 1070. The summed E-state index contributed by atoms with van der Waals surface area (Å²) in [6, 6.07) is 2.21. The molecule has 1 saturated heterocycles. The van der Waals surface area contributed by atoms with Crippen LogP contribution in [0.4, 0.5) is 11.8 Å². The summed E-state index contributed by atoms with van der Waals surface area (Å²) in [5, 5.41) is 0.435. The van der Waals surface area contributed by atoms with Gasteiger partial charge in [-0.15, -0.1) is 0 Å². The van der Waals surface area contributed by atoms with Crippen LogP contribution in [0.25, 0.3) is 16.8 Å². The number of rotatable bonds is 2. The molecule has 0 radical (unpaired) electrons. The van der Waals surface area contributed by atoms with E-state index in [1.54, 1.807) is 12.4 Å². The molecule has 29 heavy (non-hydrogen) atoms. The monoisotopic (exact) mass is 411 g/mol. The van der Waals surface area contributed by atoms with Gasteiger partial charge in [0.05, 0.1) is 10.7 Å². The predicted octanol–water partition coefficient (Wildman–Crippen LogP) is 3.43. The van der Waals surface area contributed by atoms with E-state index in [0.717, 1.165) is 60.8 Å². The molecular formula is C21H26ClN7. The molecule has 2 aliphatic rings. The van der Waals surface area contributed by atoms with Crippen molar-refractivity contribution in [2.75, 3.05) is 23.7 Å². The number of fused-ring (bicyclic) bond motifs is 1. The van der Waals surface area contributed by atoms with Crippen LogP contribution in [0, 0.1) is 12.3 Å². The molecule has 0 aromatic carbocycles. The Morgan fingerprint density at radius 1 is 1.17 bits per heavy atom. The molecule has 152 valence electrons. The van der Waals surface area contributed by atoms with Gasteiger partial charge in [0.1, 0.15) is 11.5 Å². The van der Waals surface area contributed by atoms with Crippen LogP contribution >= 0.6 is 11.6 Å². The molecular weight excluding hydrogens is 386 g/mol. The largest absolute Gasteiger partial charge is 0.382 e. The van der Waals surface area contributed by atoms with Gasteiger partial charge >= 0.3 is 0 Å². The molecule has 4 N–H and O–H groups in total. The van der Waals surface area contributed by atoms with Gasteiger partial charge in [0.25, 0.3) is 0 Å². The highest BCUT2D eigenvalue weighted by Crippen LogP contribution is 2.46. The summed E-state index contributed by atoms with van der Waals surface area (Å²) in [5.41, 5.74) is 16.1. The Balaban J connectivity index is 1.54. The van der Waals surface area contributed by atoms with E-state index in [-0.39, 0.29) is 0 Å². The quantitative estimate of drug-likeness (QED) is 0.670. The lowest BCUT2D eigenvalue weighted by atomic mass is 9.74. The molecule has 7 nitrogen and oxygen atoms in total. The lowest BCUT2D eigenvalue weighted by Gasteiger charge is -2.42. The molecule has 1 spiro atoms. The van der Waals surface area contributed by atoms with Gasteiger partial charge in [-0.1, -0.05) is 18.0 Å². The molecule has 5 rings (SSSR count). The van der Waals surface area contributed by atoms with Crippen molar-refractivity contribution in [3.8, 4) is 11.1 Å². The molecule has 1 atom stereocenters. The standard InChI is InChI=1S/C21H26ClN7/c1-13-16(14-4-8-25-18(24)17(14)22)19-26-9-12-29(19)20(27-13)28-10-6-21(7-11-28)5-2-3-15(21)23/h4,8-9,12,15H,2-3,5-7,10-11,23H2,1H3,(H2,24,25)/t15-/m1/s1. The number of imidazole rings is 1. The van der Waals surface area contributed by atoms with Gasteiger partial charge < -0.3 is 16.4 Å². The minimum atomic E-state index is 0.312. The first-order chi connectivity index (χ1) is 14.0. The fourth-order valence-corrected chi connectivity index (χ4v) is 5.41. The van der Waals surface area contributed by atoms with Gasteiger partial charge in [0.15, 0.2) is 0 Å². The van der Waals surface area contributed by atoms with Crippen molar-refractivity contribution >= 4 is 29.0 Å². The van der Waals surface area contributed by atoms with E-state index in [0.29, 0.717) is 22.3 Å². The molecule has 1 aliphatic heterocycles. The molecule has 1 saturated carbocycles. The summed E-state index contributed by atoms with van der Waals surface area (Å²) in [5.74, 6) is 1.24. The second-order valence-electron chi connectivity index (χ2n) is 8.40. The highest BCUT2D eigenvalue weighted by Gasteiger charge is 2.43. The molecule has 3 aromatic heterocycles. The van der Waals surface area contributed by atoms with Gasteiger partial charge in [0, 0.05) is 48.8 Å². The third kappa shape index (κ3) is 2.87. The van der Waals surface area contributed by atoms with E-state index in [1.165, 1.54) is 12.8 Å². The zero-order valence-corrected chi connectivity index (χ0v) is 17.4. The average Bonchev–Trinajstić information content (AvgIpc) is 3.33. The number of hydrogen-bond donors (Lipinski definition) is 2. The maximum atomic E-state index is 6.46. The maximum absolute atomic E-state index is 6.46. The van der Waals surface area contributed by atoms with E-state index in [1.807, 2.05) is 19.2 Å². The van der Waals surface area contributed by atoms with E-state index >= 15 is 0 Å². The fourth-order valence-electron chi connectivity index (χ4n) is 5.20. The molecule has 1 aliphatic carbocycles. The summed E-state index contributed by atoms with van der Waals surface area (Å²) in [6.45, 7) is 3.93. The number of nitrogens with two attached hydrogens (primary N) is 2. The van der Waals surface area contributed by atoms with E-state index < -0.39 is 0 Å². The number of hydrogen-bond acceptors (Lipinski definition) is 6. The number of nitrogens with zero attached hydrogens (tertiary/aromatic N) is 5. The lowest BCUT2D eigenvalue weighted by molar-refractivity contribution is 0.197. The van der Waals surface area contributed by atoms with Crippen molar-refractivity contribution in [2.45, 2.75) is 45.1 Å². The minimum absolute atomic E-state index is 0.312. The van der Waals surface area contributed by atoms with Crippen molar-refractivity contribution in [2.24, 2.45) is 11.1 Å². The highest BCUT2D eigenvalue weighted by molar-refractivity contribution is 6.35. The summed E-state index contributed by atoms with van der Waals surface area (Å²) < 4.78 is 2.06. The molecule has 4 heterocycles. The summed E-state index contributed by atoms with van der Waals surface area (Å²) in [6.07, 6.45) is 11.4. The van der Waals surface area contributed by atoms with Crippen molar-refractivity contribution in [3.05, 3.63) is 35.4 Å². The van der Waals surface area contributed by atoms with Crippen molar-refractivity contribution in [1.82, 2.24) is 19.4 Å². The average molecular weight is 412 g/mol. The summed E-state index contributed by atoms with van der Waals surface area (Å²) in [7, 11) is 0. The Labute approximate surface area is 175 Å². The van der Waals surface area contributed by atoms with Gasteiger partial charge in [0.2, 0.25) is 5.95 Å². The topological polar surface area (TPSA) is 98.4 Å². The minimum Gasteiger partial charge on any atom is -0.382 e. The van der Waals surface area contributed by atoms with E-state index in [9.17, 15) is 0 Å². The third-order valence-electron chi connectivity index (χ3n) is 6.91. The molecule has 0 bridgehead atoms. The number of piperidine rings is 1. The van der Waals surface area contributed by atoms with E-state index in [2.05, 4.69) is 19.3 Å². The fraction of sp³-hybridized carbons (Fsp3) is 0.476. The summed E-state index contributed by atoms with van der Waals surface area (Å²) in [4.78, 5) is 16.0. The van der Waals surface area contributed by atoms with Gasteiger partial charge in [-0.3, -0.25) is 4.40 Å². The number of nitrogen functional groups attached to an aromatic ring is 1. The second kappa shape index (κ2) is 6.85. The Morgan fingerprint density at radius 2 is 1.97 bits per heavy atom. The SMILES string of the molecule is Cc1nc(N2CCC3(CCC[C@H]3N)CC2)n2ccnc2c1-c1ccnc(N)c1Cl. The van der Waals surface area contributed by atoms with E-state index in [4.69, 9.17) is 28.1 Å². The molecule has 8 heteroatoms. The molecule has 3 aromatic rings. The van der Waals surface area contributed by atoms with Crippen LogP contribution in [0.1, 0.15) is 37.8 Å². The van der Waals surface area contributed by atoms with Crippen LogP contribution in [0.2, 0.25) is 5.02 Å². The second-order valence-corrected chi connectivity index (χ2v) is 8.78. The lowest BCUT2D eigenvalue weighted by Crippen LogP contribution is -2.47. The predicted molar refractivity (Wildman–Crippen MR) is 116 cm³/mol. The Morgan fingerprint density at radius 3 is 2.69 bits per heavy atom. The Hall–Kier alpha value is -2.38. The number of aromatic nitrogens is 4. The number of pyridine rings is 1. The molecule has 2 fully saturated rings. The first-order valence-corrected chi connectivity index (χ1v) is 10.6. The third-order valence-corrected chi connectivity index (χ3v) is 7.31. The van der Waals surface area contributed by atoms with Crippen molar-refractivity contribution < 1.29 is 0 Å². The van der Waals surface area contributed by atoms with Crippen LogP contribution in [-0.4, -0.2) is 38.5 Å². The zero-order valence-electron chi connectivity index (χ0n) is 16.6. The smallest absolute Gasteiger partial charge is 0.211 e. The van der Waals surface area contributed by atoms with Crippen molar-refractivity contribution in [1.29, 1.82) is 0 Å². The maximum Gasteiger partial charge on any atom is 0.211 e. The number of halogens is 1. The van der Waals surface area contributed by atoms with Gasteiger partial charge in [-0.05, 0) is 44.1 Å². The normalized spacial score (nSPS) is 21.3. The first-order valence-electron chi connectivity index (χ1n) is 10.2. The molecule has 0 amide bonds. The van der Waals surface area contributed by atoms with Crippen LogP contribution in [-0.2, 0) is 0 Å². The summed E-state index contributed by atoms with van der Waals surface area (Å²) >= 11 is 6.46. The zero-order chi connectivity index (χ0) is 20.2. The number of aryl methyl sites for hydroxylation is 1. The highest BCUT2D eigenvalue weighted by atomic mass is 35.5. The Kier molecular flexibility index (Phi) is 4.40. The van der Waals surface area contributed by atoms with Gasteiger partial charge in [-0.2, -0.15) is 0 Å². The van der Waals surface area contributed by atoms with Crippen LogP contribution in [0.3, 0.4) is 0 Å². The van der Waals surface area contributed by atoms with Gasteiger partial charge in [-0.25, -0.2) is 15.0 Å². The first kappa shape index (κ1) is 18.6. The number of anilines is 2. The van der Waals surface area contributed by atoms with Crippen molar-refractivity contribution in [3.63, 3.8) is 0 Å². The van der Waals surface area contributed by atoms with Crippen LogP contribution in [0.5, 0.6) is 0 Å². The molecule has 0 unspecified atom stereocenters.